The number of imide groups is 1. The molecule has 1 aliphatic rings. The van der Waals surface area contributed by atoms with Crippen molar-refractivity contribution in [2.45, 2.75) is 13.0 Å². The second kappa shape index (κ2) is 4.72. The van der Waals surface area contributed by atoms with Crippen molar-refractivity contribution in [2.24, 2.45) is 0 Å². The van der Waals surface area contributed by atoms with E-state index in [2.05, 4.69) is 0 Å². The van der Waals surface area contributed by atoms with E-state index in [4.69, 9.17) is 9.47 Å². The quantitative estimate of drug-likeness (QED) is 0.595. The lowest BCUT2D eigenvalue weighted by Gasteiger charge is -2.16. The second-order valence-corrected chi connectivity index (χ2v) is 4.08. The molecule has 1 aliphatic heterocycles. The molecule has 6 heteroatoms. The highest BCUT2D eigenvalue weighted by Crippen LogP contribution is 2.38. The molecule has 2 rings (SSSR count). The van der Waals surface area contributed by atoms with Gasteiger partial charge in [-0.1, -0.05) is 0 Å². The standard InChI is InChI=1S/C13H13NO5/c1-7(6-15)14-12(16)8-4-5-9(18-2)11(19-3)10(8)13(14)17/h4-7H,1-3H3. The predicted molar refractivity (Wildman–Crippen MR) is 65.6 cm³/mol. The normalized spacial score (nSPS) is 15.2. The molecule has 6 nitrogen and oxygen atoms in total. The van der Waals surface area contributed by atoms with Crippen molar-refractivity contribution in [2.75, 3.05) is 14.2 Å². The first-order valence-electron chi connectivity index (χ1n) is 5.65. The van der Waals surface area contributed by atoms with Crippen molar-refractivity contribution >= 4 is 18.1 Å². The highest BCUT2D eigenvalue weighted by Gasteiger charge is 2.41. The van der Waals surface area contributed by atoms with Gasteiger partial charge in [-0.3, -0.25) is 14.5 Å². The maximum atomic E-state index is 12.3. The maximum absolute atomic E-state index is 12.3. The Kier molecular flexibility index (Phi) is 3.25. The number of benzene rings is 1. The van der Waals surface area contributed by atoms with Crippen LogP contribution in [-0.4, -0.2) is 43.3 Å². The van der Waals surface area contributed by atoms with Gasteiger partial charge in [0.2, 0.25) is 0 Å². The van der Waals surface area contributed by atoms with E-state index in [1.807, 2.05) is 0 Å². The van der Waals surface area contributed by atoms with E-state index in [1.165, 1.54) is 27.2 Å². The molecule has 0 spiro atoms. The van der Waals surface area contributed by atoms with E-state index in [-0.39, 0.29) is 16.9 Å². The minimum Gasteiger partial charge on any atom is -0.493 e. The topological polar surface area (TPSA) is 72.9 Å². The number of hydrogen-bond acceptors (Lipinski definition) is 5. The highest BCUT2D eigenvalue weighted by atomic mass is 16.5. The van der Waals surface area contributed by atoms with Crippen molar-refractivity contribution < 1.29 is 23.9 Å². The third-order valence-corrected chi connectivity index (χ3v) is 3.03. The molecule has 1 atom stereocenters. The van der Waals surface area contributed by atoms with Crippen LogP contribution in [0.4, 0.5) is 0 Å². The molecular weight excluding hydrogens is 250 g/mol. The van der Waals surface area contributed by atoms with Gasteiger partial charge in [0.05, 0.1) is 31.4 Å². The molecule has 0 fully saturated rings. The molecule has 2 amide bonds. The van der Waals surface area contributed by atoms with E-state index in [0.29, 0.717) is 12.0 Å². The zero-order chi connectivity index (χ0) is 14.2. The van der Waals surface area contributed by atoms with Crippen molar-refractivity contribution in [1.82, 2.24) is 4.90 Å². The van der Waals surface area contributed by atoms with Gasteiger partial charge >= 0.3 is 0 Å². The summed E-state index contributed by atoms with van der Waals surface area (Å²) in [6.07, 6.45) is 0.547. The number of fused-ring (bicyclic) bond motifs is 1. The van der Waals surface area contributed by atoms with E-state index in [9.17, 15) is 14.4 Å². The van der Waals surface area contributed by atoms with Crippen molar-refractivity contribution in [3.8, 4) is 11.5 Å². The average molecular weight is 263 g/mol. The van der Waals surface area contributed by atoms with Crippen LogP contribution < -0.4 is 9.47 Å². The van der Waals surface area contributed by atoms with Gasteiger partial charge in [0, 0.05) is 0 Å². The predicted octanol–water partition coefficient (Wildman–Crippen LogP) is 0.887. The Morgan fingerprint density at radius 2 is 1.84 bits per heavy atom. The number of methoxy groups -OCH3 is 2. The van der Waals surface area contributed by atoms with E-state index >= 15 is 0 Å². The zero-order valence-electron chi connectivity index (χ0n) is 10.8. The number of carbonyl (C=O) groups is 3. The van der Waals surface area contributed by atoms with Crippen molar-refractivity contribution in [1.29, 1.82) is 0 Å². The molecule has 100 valence electrons. The molecule has 0 radical (unpaired) electrons. The maximum Gasteiger partial charge on any atom is 0.266 e. The summed E-state index contributed by atoms with van der Waals surface area (Å²) in [6, 6.07) is 2.23. The monoisotopic (exact) mass is 263 g/mol. The van der Waals surface area contributed by atoms with Gasteiger partial charge in [-0.05, 0) is 19.1 Å². The van der Waals surface area contributed by atoms with Crippen molar-refractivity contribution in [3.05, 3.63) is 23.3 Å². The summed E-state index contributed by atoms with van der Waals surface area (Å²) in [5, 5.41) is 0. The number of aldehydes is 1. The van der Waals surface area contributed by atoms with Crippen LogP contribution in [0.3, 0.4) is 0 Å². The molecule has 0 saturated carbocycles. The van der Waals surface area contributed by atoms with E-state index in [1.54, 1.807) is 6.07 Å². The Morgan fingerprint density at radius 3 is 2.37 bits per heavy atom. The van der Waals surface area contributed by atoms with Crippen LogP contribution in [0.25, 0.3) is 0 Å². The van der Waals surface area contributed by atoms with Crippen LogP contribution in [0.5, 0.6) is 11.5 Å². The Hall–Kier alpha value is -2.37. The first-order chi connectivity index (χ1) is 9.06. The summed E-state index contributed by atoms with van der Waals surface area (Å²) in [5.74, 6) is -0.474. The third-order valence-electron chi connectivity index (χ3n) is 3.03. The zero-order valence-corrected chi connectivity index (χ0v) is 10.8. The minimum absolute atomic E-state index is 0.139. The van der Waals surface area contributed by atoms with Crippen LogP contribution >= 0.6 is 0 Å². The van der Waals surface area contributed by atoms with Crippen LogP contribution in [0.15, 0.2) is 12.1 Å². The van der Waals surface area contributed by atoms with Crippen LogP contribution in [0, 0.1) is 0 Å². The number of hydrogen-bond donors (Lipinski definition) is 0. The molecule has 1 aromatic rings. The highest BCUT2D eigenvalue weighted by molar-refractivity contribution is 6.23. The van der Waals surface area contributed by atoms with E-state index < -0.39 is 17.9 Å². The number of ether oxygens (including phenoxy) is 2. The fourth-order valence-corrected chi connectivity index (χ4v) is 2.09. The first-order valence-corrected chi connectivity index (χ1v) is 5.65. The van der Waals surface area contributed by atoms with Gasteiger partial charge < -0.3 is 14.3 Å². The molecule has 0 aliphatic carbocycles. The molecule has 0 N–H and O–H groups in total. The van der Waals surface area contributed by atoms with Crippen molar-refractivity contribution in [3.63, 3.8) is 0 Å². The van der Waals surface area contributed by atoms with Gasteiger partial charge in [0.15, 0.2) is 11.5 Å². The van der Waals surface area contributed by atoms with Gasteiger partial charge in [0.25, 0.3) is 11.8 Å². The lowest BCUT2D eigenvalue weighted by atomic mass is 10.1. The number of nitrogens with zero attached hydrogens (tertiary/aromatic N) is 1. The summed E-state index contributed by atoms with van der Waals surface area (Å²) < 4.78 is 10.2. The molecule has 0 saturated heterocycles. The van der Waals surface area contributed by atoms with E-state index in [0.717, 1.165) is 4.90 Å². The molecule has 0 aromatic heterocycles. The molecule has 19 heavy (non-hydrogen) atoms. The summed E-state index contributed by atoms with van der Waals surface area (Å²) >= 11 is 0. The summed E-state index contributed by atoms with van der Waals surface area (Å²) in [6.45, 7) is 1.48. The molecule has 1 heterocycles. The Balaban J connectivity index is 2.62. The Bertz CT molecular complexity index is 566. The van der Waals surface area contributed by atoms with Crippen LogP contribution in [0.2, 0.25) is 0 Å². The van der Waals surface area contributed by atoms with Gasteiger partial charge in [-0.15, -0.1) is 0 Å². The Labute approximate surface area is 109 Å². The average Bonchev–Trinajstić information content (AvgIpc) is 2.69. The number of amides is 2. The lowest BCUT2D eigenvalue weighted by molar-refractivity contribution is -0.110. The van der Waals surface area contributed by atoms with Gasteiger partial charge in [0.1, 0.15) is 6.29 Å². The molecule has 1 unspecified atom stereocenters. The summed E-state index contributed by atoms with van der Waals surface area (Å²) in [5.41, 5.74) is 0.358. The lowest BCUT2D eigenvalue weighted by Crippen LogP contribution is -2.38. The van der Waals surface area contributed by atoms with Gasteiger partial charge in [-0.25, -0.2) is 0 Å². The van der Waals surface area contributed by atoms with Crippen LogP contribution in [-0.2, 0) is 4.79 Å². The summed E-state index contributed by atoms with van der Waals surface area (Å²) in [7, 11) is 2.83. The number of carbonyl (C=O) groups excluding carboxylic acids is 3. The fourth-order valence-electron chi connectivity index (χ4n) is 2.09. The third kappa shape index (κ3) is 1.76. The SMILES string of the molecule is COc1ccc2c(c1OC)C(=O)N(C(C)C=O)C2=O. The molecule has 0 bridgehead atoms. The Morgan fingerprint density at radius 1 is 1.16 bits per heavy atom. The smallest absolute Gasteiger partial charge is 0.266 e. The number of rotatable bonds is 4. The minimum atomic E-state index is -0.817. The summed E-state index contributed by atoms with van der Waals surface area (Å²) in [4.78, 5) is 36.1. The molecule has 1 aromatic carbocycles. The molecular formula is C13H13NO5. The fraction of sp³-hybridized carbons (Fsp3) is 0.308. The van der Waals surface area contributed by atoms with Gasteiger partial charge in [-0.2, -0.15) is 0 Å². The second-order valence-electron chi connectivity index (χ2n) is 4.08. The largest absolute Gasteiger partial charge is 0.493 e. The first kappa shape index (κ1) is 13.1. The van der Waals surface area contributed by atoms with Crippen LogP contribution in [0.1, 0.15) is 27.6 Å².